The number of methoxy groups -OCH3 is 1. The van der Waals surface area contributed by atoms with Crippen LogP contribution in [0.5, 0.6) is 0 Å². The minimum Gasteiger partial charge on any atom is -0.377 e. The summed E-state index contributed by atoms with van der Waals surface area (Å²) in [4.78, 5) is 0. The van der Waals surface area contributed by atoms with E-state index in [0.29, 0.717) is 6.04 Å². The maximum absolute atomic E-state index is 5.88. The zero-order valence-electron chi connectivity index (χ0n) is 11.0. The van der Waals surface area contributed by atoms with Crippen molar-refractivity contribution >= 4 is 0 Å². The molecule has 0 heterocycles. The van der Waals surface area contributed by atoms with Crippen molar-refractivity contribution in [1.29, 1.82) is 0 Å². The molecular formula is C13H27NO. The van der Waals surface area contributed by atoms with Crippen LogP contribution in [-0.2, 0) is 4.74 Å². The highest BCUT2D eigenvalue weighted by Gasteiger charge is 2.46. The van der Waals surface area contributed by atoms with Crippen LogP contribution in [0.2, 0.25) is 0 Å². The van der Waals surface area contributed by atoms with Gasteiger partial charge in [-0.1, -0.05) is 40.5 Å². The molecule has 90 valence electrons. The van der Waals surface area contributed by atoms with E-state index in [1.54, 1.807) is 0 Å². The van der Waals surface area contributed by atoms with Crippen molar-refractivity contribution in [2.45, 2.75) is 65.0 Å². The molecule has 1 aliphatic rings. The molecule has 1 unspecified atom stereocenters. The Labute approximate surface area is 94.8 Å². The van der Waals surface area contributed by atoms with Gasteiger partial charge in [0.1, 0.15) is 0 Å². The molecule has 15 heavy (non-hydrogen) atoms. The summed E-state index contributed by atoms with van der Waals surface area (Å²) in [5, 5.41) is 3.63. The number of hydrogen-bond donors (Lipinski definition) is 1. The maximum Gasteiger partial charge on any atom is 0.0836 e. The molecule has 1 N–H and O–H groups in total. The van der Waals surface area contributed by atoms with E-state index in [2.05, 4.69) is 33.0 Å². The van der Waals surface area contributed by atoms with Crippen LogP contribution in [0.1, 0.15) is 53.4 Å². The van der Waals surface area contributed by atoms with Crippen LogP contribution in [0.15, 0.2) is 0 Å². The Kier molecular flexibility index (Phi) is 4.19. The second kappa shape index (κ2) is 4.84. The van der Waals surface area contributed by atoms with E-state index in [9.17, 15) is 0 Å². The van der Waals surface area contributed by atoms with Gasteiger partial charge in [-0.05, 0) is 24.8 Å². The molecule has 2 nitrogen and oxygen atoms in total. The van der Waals surface area contributed by atoms with E-state index in [-0.39, 0.29) is 11.0 Å². The van der Waals surface area contributed by atoms with Crippen molar-refractivity contribution in [3.63, 3.8) is 0 Å². The molecular weight excluding hydrogens is 186 g/mol. The second-order valence-electron chi connectivity index (χ2n) is 5.83. The standard InChI is InChI=1S/C13H27NO/c1-6-14-11(12(2,3)4)13(15-5)9-7-8-10-13/h11,14H,6-10H2,1-5H3. The summed E-state index contributed by atoms with van der Waals surface area (Å²) in [7, 11) is 1.88. The fourth-order valence-corrected chi connectivity index (χ4v) is 3.07. The number of ether oxygens (including phenoxy) is 1. The zero-order chi connectivity index (χ0) is 11.5. The van der Waals surface area contributed by atoms with Crippen molar-refractivity contribution in [1.82, 2.24) is 5.32 Å². The van der Waals surface area contributed by atoms with Gasteiger partial charge in [-0.25, -0.2) is 0 Å². The molecule has 1 atom stereocenters. The number of likely N-dealkylation sites (N-methyl/N-ethyl adjacent to an activating group) is 1. The lowest BCUT2D eigenvalue weighted by Gasteiger charge is -2.44. The molecule has 0 saturated heterocycles. The van der Waals surface area contributed by atoms with Gasteiger partial charge in [0.25, 0.3) is 0 Å². The largest absolute Gasteiger partial charge is 0.377 e. The van der Waals surface area contributed by atoms with Gasteiger partial charge in [0, 0.05) is 13.2 Å². The Morgan fingerprint density at radius 1 is 1.27 bits per heavy atom. The molecule has 1 rings (SSSR count). The van der Waals surface area contributed by atoms with Gasteiger partial charge in [-0.2, -0.15) is 0 Å². The third-order valence-corrected chi connectivity index (χ3v) is 3.66. The molecule has 0 bridgehead atoms. The Hall–Kier alpha value is -0.0800. The molecule has 0 aliphatic heterocycles. The smallest absolute Gasteiger partial charge is 0.0836 e. The first-order chi connectivity index (χ1) is 6.96. The molecule has 0 spiro atoms. The molecule has 2 heteroatoms. The van der Waals surface area contributed by atoms with E-state index in [4.69, 9.17) is 4.74 Å². The van der Waals surface area contributed by atoms with Crippen molar-refractivity contribution in [3.8, 4) is 0 Å². The normalized spacial score (nSPS) is 23.0. The van der Waals surface area contributed by atoms with Gasteiger partial charge in [0.15, 0.2) is 0 Å². The minimum absolute atomic E-state index is 0.0776. The fraction of sp³-hybridized carbons (Fsp3) is 1.00. The van der Waals surface area contributed by atoms with Crippen LogP contribution in [0.3, 0.4) is 0 Å². The third kappa shape index (κ3) is 2.73. The third-order valence-electron chi connectivity index (χ3n) is 3.66. The van der Waals surface area contributed by atoms with Gasteiger partial charge in [-0.3, -0.25) is 0 Å². The molecule has 0 amide bonds. The summed E-state index contributed by atoms with van der Waals surface area (Å²) >= 11 is 0. The lowest BCUT2D eigenvalue weighted by atomic mass is 9.75. The van der Waals surface area contributed by atoms with Gasteiger partial charge in [0.2, 0.25) is 0 Å². The predicted molar refractivity (Wildman–Crippen MR) is 65.1 cm³/mol. The highest BCUT2D eigenvalue weighted by atomic mass is 16.5. The van der Waals surface area contributed by atoms with E-state index >= 15 is 0 Å². The highest BCUT2D eigenvalue weighted by Crippen LogP contribution is 2.41. The summed E-state index contributed by atoms with van der Waals surface area (Å²) in [6.45, 7) is 10.1. The summed E-state index contributed by atoms with van der Waals surface area (Å²) in [6, 6.07) is 0.461. The topological polar surface area (TPSA) is 21.3 Å². The summed E-state index contributed by atoms with van der Waals surface area (Å²) in [6.07, 6.45) is 5.04. The van der Waals surface area contributed by atoms with Gasteiger partial charge < -0.3 is 10.1 Å². The molecule has 0 aromatic rings. The highest BCUT2D eigenvalue weighted by molar-refractivity contribution is 5.01. The quantitative estimate of drug-likeness (QED) is 0.775. The predicted octanol–water partition coefficient (Wildman–Crippen LogP) is 2.97. The Morgan fingerprint density at radius 2 is 1.80 bits per heavy atom. The number of rotatable bonds is 4. The maximum atomic E-state index is 5.88. The minimum atomic E-state index is 0.0776. The fourth-order valence-electron chi connectivity index (χ4n) is 3.07. The molecule has 1 saturated carbocycles. The van der Waals surface area contributed by atoms with Gasteiger partial charge in [-0.15, -0.1) is 0 Å². The molecule has 0 radical (unpaired) electrons. The first kappa shape index (κ1) is 13.0. The second-order valence-corrected chi connectivity index (χ2v) is 5.83. The SMILES string of the molecule is CCNC(C(C)(C)C)C1(OC)CCCC1. The molecule has 0 aromatic carbocycles. The lowest BCUT2D eigenvalue weighted by Crippen LogP contribution is -2.57. The van der Waals surface area contributed by atoms with Crippen LogP contribution in [0.4, 0.5) is 0 Å². The monoisotopic (exact) mass is 213 g/mol. The van der Waals surface area contributed by atoms with Crippen molar-refractivity contribution in [2.75, 3.05) is 13.7 Å². The molecule has 0 aromatic heterocycles. The number of hydrogen-bond acceptors (Lipinski definition) is 2. The summed E-state index contributed by atoms with van der Waals surface area (Å²) < 4.78 is 5.88. The summed E-state index contributed by atoms with van der Waals surface area (Å²) in [5.74, 6) is 0. The Balaban J connectivity index is 2.85. The van der Waals surface area contributed by atoms with E-state index < -0.39 is 0 Å². The van der Waals surface area contributed by atoms with E-state index in [0.717, 1.165) is 6.54 Å². The van der Waals surface area contributed by atoms with Crippen LogP contribution >= 0.6 is 0 Å². The average Bonchev–Trinajstić information content (AvgIpc) is 2.61. The Bertz CT molecular complexity index is 189. The van der Waals surface area contributed by atoms with Crippen LogP contribution in [0, 0.1) is 5.41 Å². The number of nitrogens with one attached hydrogen (secondary N) is 1. The summed E-state index contributed by atoms with van der Waals surface area (Å²) in [5.41, 5.74) is 0.338. The van der Waals surface area contributed by atoms with E-state index in [1.807, 2.05) is 7.11 Å². The zero-order valence-corrected chi connectivity index (χ0v) is 11.0. The van der Waals surface area contributed by atoms with Gasteiger partial charge in [0.05, 0.1) is 5.60 Å². The van der Waals surface area contributed by atoms with Crippen molar-refractivity contribution < 1.29 is 4.74 Å². The first-order valence-electron chi connectivity index (χ1n) is 6.25. The molecule has 1 fully saturated rings. The average molecular weight is 213 g/mol. The van der Waals surface area contributed by atoms with Gasteiger partial charge >= 0.3 is 0 Å². The van der Waals surface area contributed by atoms with Crippen LogP contribution in [-0.4, -0.2) is 25.3 Å². The first-order valence-corrected chi connectivity index (χ1v) is 6.25. The van der Waals surface area contributed by atoms with Crippen molar-refractivity contribution in [3.05, 3.63) is 0 Å². The van der Waals surface area contributed by atoms with Crippen LogP contribution in [0.25, 0.3) is 0 Å². The van der Waals surface area contributed by atoms with Crippen molar-refractivity contribution in [2.24, 2.45) is 5.41 Å². The molecule has 1 aliphatic carbocycles. The van der Waals surface area contributed by atoms with E-state index in [1.165, 1.54) is 25.7 Å². The van der Waals surface area contributed by atoms with Crippen LogP contribution < -0.4 is 5.32 Å². The lowest BCUT2D eigenvalue weighted by molar-refractivity contribution is -0.0647. The Morgan fingerprint density at radius 3 is 2.13 bits per heavy atom.